The lowest BCUT2D eigenvalue weighted by Crippen LogP contribution is -2.45. The minimum atomic E-state index is 0.195. The van der Waals surface area contributed by atoms with Gasteiger partial charge in [-0.25, -0.2) is 0 Å². The summed E-state index contributed by atoms with van der Waals surface area (Å²) in [6, 6.07) is 0.536. The summed E-state index contributed by atoms with van der Waals surface area (Å²) >= 11 is 1.98. The molecule has 1 aliphatic rings. The fourth-order valence-corrected chi connectivity index (χ4v) is 3.14. The van der Waals surface area contributed by atoms with E-state index in [0.29, 0.717) is 12.6 Å². The monoisotopic (exact) mass is 287 g/mol. The van der Waals surface area contributed by atoms with Gasteiger partial charge in [-0.15, -0.1) is 0 Å². The number of hydrogen-bond acceptors (Lipinski definition) is 3. The van der Waals surface area contributed by atoms with Gasteiger partial charge in [0.1, 0.15) is 0 Å². The van der Waals surface area contributed by atoms with Crippen molar-refractivity contribution in [3.05, 3.63) is 0 Å². The molecule has 1 fully saturated rings. The molecule has 1 rings (SSSR count). The van der Waals surface area contributed by atoms with Crippen molar-refractivity contribution in [3.8, 4) is 0 Å². The Hall–Kier alpha value is -0.420. The zero-order chi connectivity index (χ0) is 14.1. The zero-order valence-electron chi connectivity index (χ0n) is 12.5. The first-order valence-corrected chi connectivity index (χ1v) is 8.66. The SMILES string of the molecule is CCNC(=NCC(C)CO)NC1CCCC(SC)C1. The van der Waals surface area contributed by atoms with E-state index in [1.165, 1.54) is 25.7 Å². The van der Waals surface area contributed by atoms with E-state index in [-0.39, 0.29) is 12.5 Å². The number of guanidine groups is 1. The molecule has 112 valence electrons. The van der Waals surface area contributed by atoms with Crippen LogP contribution in [0.15, 0.2) is 4.99 Å². The van der Waals surface area contributed by atoms with Gasteiger partial charge in [-0.1, -0.05) is 13.3 Å². The Balaban J connectivity index is 2.47. The number of thioether (sulfide) groups is 1. The second-order valence-electron chi connectivity index (χ2n) is 5.37. The van der Waals surface area contributed by atoms with Crippen LogP contribution in [0.2, 0.25) is 0 Å². The lowest BCUT2D eigenvalue weighted by atomic mass is 9.95. The first kappa shape index (κ1) is 16.6. The Morgan fingerprint density at radius 2 is 2.26 bits per heavy atom. The molecule has 0 aromatic rings. The fourth-order valence-electron chi connectivity index (χ4n) is 2.31. The summed E-state index contributed by atoms with van der Waals surface area (Å²) in [5.74, 6) is 1.12. The second-order valence-corrected chi connectivity index (χ2v) is 6.51. The van der Waals surface area contributed by atoms with Gasteiger partial charge in [0.2, 0.25) is 0 Å². The number of aliphatic hydroxyl groups excluding tert-OH is 1. The molecule has 0 bridgehead atoms. The van der Waals surface area contributed by atoms with Crippen LogP contribution in [0.4, 0.5) is 0 Å². The molecule has 0 spiro atoms. The molecule has 19 heavy (non-hydrogen) atoms. The van der Waals surface area contributed by atoms with Gasteiger partial charge in [0.15, 0.2) is 5.96 Å². The molecule has 0 heterocycles. The van der Waals surface area contributed by atoms with E-state index < -0.39 is 0 Å². The summed E-state index contributed by atoms with van der Waals surface area (Å²) in [5.41, 5.74) is 0. The Bertz CT molecular complexity index is 273. The maximum absolute atomic E-state index is 9.05. The number of nitrogens with one attached hydrogen (secondary N) is 2. The largest absolute Gasteiger partial charge is 0.396 e. The molecule has 0 aromatic heterocycles. The van der Waals surface area contributed by atoms with Crippen molar-refractivity contribution in [3.63, 3.8) is 0 Å². The number of nitrogens with zero attached hydrogens (tertiary/aromatic N) is 1. The van der Waals surface area contributed by atoms with E-state index in [2.05, 4.69) is 28.8 Å². The molecule has 1 saturated carbocycles. The molecule has 0 amide bonds. The Morgan fingerprint density at radius 3 is 2.89 bits per heavy atom. The fraction of sp³-hybridized carbons (Fsp3) is 0.929. The lowest BCUT2D eigenvalue weighted by Gasteiger charge is -2.30. The first-order chi connectivity index (χ1) is 9.19. The van der Waals surface area contributed by atoms with Crippen LogP contribution in [0.25, 0.3) is 0 Å². The number of hydrogen-bond donors (Lipinski definition) is 3. The van der Waals surface area contributed by atoms with Crippen molar-refractivity contribution >= 4 is 17.7 Å². The summed E-state index contributed by atoms with van der Waals surface area (Å²) in [4.78, 5) is 4.56. The van der Waals surface area contributed by atoms with Gasteiger partial charge in [0.05, 0.1) is 0 Å². The smallest absolute Gasteiger partial charge is 0.191 e. The van der Waals surface area contributed by atoms with Crippen LogP contribution in [-0.4, -0.2) is 48.3 Å². The molecule has 0 saturated heterocycles. The van der Waals surface area contributed by atoms with Gasteiger partial charge in [-0.05, 0) is 38.4 Å². The molecule has 3 unspecified atom stereocenters. The van der Waals surface area contributed by atoms with Crippen molar-refractivity contribution in [1.29, 1.82) is 0 Å². The van der Waals surface area contributed by atoms with Crippen LogP contribution in [0.1, 0.15) is 39.5 Å². The molecule has 0 radical (unpaired) electrons. The van der Waals surface area contributed by atoms with E-state index in [0.717, 1.165) is 17.8 Å². The summed E-state index contributed by atoms with van der Waals surface area (Å²) in [7, 11) is 0. The predicted octanol–water partition coefficient (Wildman–Crippen LogP) is 1.84. The normalized spacial score (nSPS) is 26.0. The standard InChI is InChI=1S/C14H29N3OS/c1-4-15-14(16-9-11(2)10-18)17-12-6-5-7-13(8-12)19-3/h11-13,18H,4-10H2,1-3H3,(H2,15,16,17). The average molecular weight is 287 g/mol. The highest BCUT2D eigenvalue weighted by Gasteiger charge is 2.21. The van der Waals surface area contributed by atoms with Crippen LogP contribution in [0.5, 0.6) is 0 Å². The molecular formula is C14H29N3OS. The van der Waals surface area contributed by atoms with E-state index in [9.17, 15) is 0 Å². The number of rotatable bonds is 6. The maximum atomic E-state index is 9.05. The summed E-state index contributed by atoms with van der Waals surface area (Å²) in [6.45, 7) is 5.83. The molecule has 0 aliphatic heterocycles. The van der Waals surface area contributed by atoms with E-state index in [4.69, 9.17) is 5.11 Å². The van der Waals surface area contributed by atoms with Gasteiger partial charge in [0, 0.05) is 31.0 Å². The summed E-state index contributed by atoms with van der Waals surface area (Å²) in [5, 5.41) is 16.7. The molecule has 4 nitrogen and oxygen atoms in total. The van der Waals surface area contributed by atoms with E-state index in [1.807, 2.05) is 18.7 Å². The molecular weight excluding hydrogens is 258 g/mol. The molecule has 5 heteroatoms. The third-order valence-corrected chi connectivity index (χ3v) is 4.61. The molecule has 0 aromatic carbocycles. The zero-order valence-corrected chi connectivity index (χ0v) is 13.3. The van der Waals surface area contributed by atoms with Crippen molar-refractivity contribution in [2.45, 2.75) is 50.8 Å². The van der Waals surface area contributed by atoms with Crippen molar-refractivity contribution in [2.24, 2.45) is 10.9 Å². The highest BCUT2D eigenvalue weighted by molar-refractivity contribution is 7.99. The van der Waals surface area contributed by atoms with Gasteiger partial charge in [0.25, 0.3) is 0 Å². The molecule has 1 aliphatic carbocycles. The number of aliphatic imine (C=N–C) groups is 1. The minimum Gasteiger partial charge on any atom is -0.396 e. The Labute approximate surface area is 121 Å². The van der Waals surface area contributed by atoms with Gasteiger partial charge < -0.3 is 15.7 Å². The quantitative estimate of drug-likeness (QED) is 0.515. The van der Waals surface area contributed by atoms with Crippen LogP contribution >= 0.6 is 11.8 Å². The van der Waals surface area contributed by atoms with Crippen LogP contribution < -0.4 is 10.6 Å². The highest BCUT2D eigenvalue weighted by Crippen LogP contribution is 2.26. The van der Waals surface area contributed by atoms with Crippen LogP contribution in [0, 0.1) is 5.92 Å². The molecule has 3 atom stereocenters. The lowest BCUT2D eigenvalue weighted by molar-refractivity contribution is 0.241. The van der Waals surface area contributed by atoms with Gasteiger partial charge >= 0.3 is 0 Å². The second kappa shape index (κ2) is 9.48. The van der Waals surface area contributed by atoms with Gasteiger partial charge in [-0.2, -0.15) is 11.8 Å². The van der Waals surface area contributed by atoms with Crippen molar-refractivity contribution in [2.75, 3.05) is 26.0 Å². The third kappa shape index (κ3) is 6.52. The predicted molar refractivity (Wildman–Crippen MR) is 84.9 cm³/mol. The summed E-state index contributed by atoms with van der Waals surface area (Å²) in [6.07, 6.45) is 7.30. The topological polar surface area (TPSA) is 56.7 Å². The maximum Gasteiger partial charge on any atom is 0.191 e. The first-order valence-electron chi connectivity index (χ1n) is 7.38. The third-order valence-electron chi connectivity index (χ3n) is 3.52. The van der Waals surface area contributed by atoms with E-state index >= 15 is 0 Å². The highest BCUT2D eigenvalue weighted by atomic mass is 32.2. The number of aliphatic hydroxyl groups is 1. The average Bonchev–Trinajstić information content (AvgIpc) is 2.44. The minimum absolute atomic E-state index is 0.195. The van der Waals surface area contributed by atoms with Gasteiger partial charge in [-0.3, -0.25) is 4.99 Å². The van der Waals surface area contributed by atoms with Crippen molar-refractivity contribution < 1.29 is 5.11 Å². The van der Waals surface area contributed by atoms with E-state index in [1.54, 1.807) is 0 Å². The van der Waals surface area contributed by atoms with Crippen LogP contribution in [-0.2, 0) is 0 Å². The Kier molecular flexibility index (Phi) is 8.30. The Morgan fingerprint density at radius 1 is 1.47 bits per heavy atom. The summed E-state index contributed by atoms with van der Waals surface area (Å²) < 4.78 is 0. The molecule has 3 N–H and O–H groups in total. The van der Waals surface area contributed by atoms with Crippen LogP contribution in [0.3, 0.4) is 0 Å². The van der Waals surface area contributed by atoms with Crippen molar-refractivity contribution in [1.82, 2.24) is 10.6 Å².